The highest BCUT2D eigenvalue weighted by Gasteiger charge is 2.21. The van der Waals surface area contributed by atoms with Gasteiger partial charge in [-0.25, -0.2) is 4.79 Å². The number of aliphatic carboxylic acids is 1. The zero-order valence-electron chi connectivity index (χ0n) is 8.47. The van der Waals surface area contributed by atoms with Gasteiger partial charge in [0.05, 0.1) is 11.3 Å². The molecule has 0 aliphatic heterocycles. The molecule has 6 nitrogen and oxygen atoms in total. The number of benzene rings is 1. The Balaban J connectivity index is 3.16. The summed E-state index contributed by atoms with van der Waals surface area (Å²) < 4.78 is 0. The molecule has 6 heteroatoms. The summed E-state index contributed by atoms with van der Waals surface area (Å²) in [6, 6.07) is 4.33. The summed E-state index contributed by atoms with van der Waals surface area (Å²) in [4.78, 5) is 31.4. The third-order valence-electron chi connectivity index (χ3n) is 2.16. The lowest BCUT2D eigenvalue weighted by Crippen LogP contribution is -2.16. The molecule has 0 bridgehead atoms. The van der Waals surface area contributed by atoms with E-state index >= 15 is 0 Å². The normalized spacial score (nSPS) is 9.81. The predicted octanol–water partition coefficient (Wildman–Crippen LogP) is 1.10. The topological polar surface area (TPSA) is 97.5 Å². The molecule has 1 aromatic rings. The third kappa shape index (κ3) is 2.41. The Bertz CT molecular complexity index is 466. The number of rotatable bonds is 4. The van der Waals surface area contributed by atoms with Crippen LogP contribution in [-0.4, -0.2) is 21.8 Å². The number of carboxylic acid groups (broad SMARTS) is 1. The van der Waals surface area contributed by atoms with Gasteiger partial charge in [-0.1, -0.05) is 12.1 Å². The first-order valence-corrected chi connectivity index (χ1v) is 4.42. The van der Waals surface area contributed by atoms with Crippen LogP contribution in [-0.2, 0) is 16.0 Å². The Morgan fingerprint density at radius 1 is 1.44 bits per heavy atom. The molecule has 1 aromatic carbocycles. The van der Waals surface area contributed by atoms with Gasteiger partial charge < -0.3 is 5.11 Å². The first-order valence-electron chi connectivity index (χ1n) is 4.42. The lowest BCUT2D eigenvalue weighted by molar-refractivity contribution is -0.385. The molecular weight excluding hydrogens is 214 g/mol. The summed E-state index contributed by atoms with van der Waals surface area (Å²) in [5.41, 5.74) is 0.457. The Labute approximate surface area is 90.7 Å². The Kier molecular flexibility index (Phi) is 3.34. The third-order valence-corrected chi connectivity index (χ3v) is 2.16. The number of nitrogens with zero attached hydrogens (tertiary/aromatic N) is 1. The minimum Gasteiger partial charge on any atom is -0.475 e. The second kappa shape index (κ2) is 4.52. The average Bonchev–Trinajstić information content (AvgIpc) is 2.20. The molecular formula is C10H9NO5. The van der Waals surface area contributed by atoms with Gasteiger partial charge in [0, 0.05) is 11.6 Å². The largest absolute Gasteiger partial charge is 0.475 e. The van der Waals surface area contributed by atoms with Gasteiger partial charge in [0.1, 0.15) is 0 Å². The number of ketones is 1. The fourth-order valence-electron chi connectivity index (χ4n) is 1.32. The summed E-state index contributed by atoms with van der Waals surface area (Å²) in [5, 5.41) is 19.1. The highest BCUT2D eigenvalue weighted by atomic mass is 16.6. The fraction of sp³-hybridized carbons (Fsp3) is 0.200. The quantitative estimate of drug-likeness (QED) is 0.468. The van der Waals surface area contributed by atoms with Crippen LogP contribution in [0.4, 0.5) is 5.69 Å². The van der Waals surface area contributed by atoms with Crippen LogP contribution in [0.1, 0.15) is 11.1 Å². The SMILES string of the molecule is Cc1cccc([N+](=O)[O-])c1CC(=O)C(=O)O. The monoisotopic (exact) mass is 223 g/mol. The van der Waals surface area contributed by atoms with Crippen LogP contribution in [0.5, 0.6) is 0 Å². The molecule has 1 N–H and O–H groups in total. The van der Waals surface area contributed by atoms with Crippen LogP contribution in [0.2, 0.25) is 0 Å². The van der Waals surface area contributed by atoms with Crippen molar-refractivity contribution in [1.29, 1.82) is 0 Å². The van der Waals surface area contributed by atoms with Crippen LogP contribution in [0.15, 0.2) is 18.2 Å². The highest BCUT2D eigenvalue weighted by Crippen LogP contribution is 2.22. The van der Waals surface area contributed by atoms with Crippen molar-refractivity contribution in [3.63, 3.8) is 0 Å². The van der Waals surface area contributed by atoms with E-state index in [1.165, 1.54) is 12.1 Å². The van der Waals surface area contributed by atoms with E-state index in [1.54, 1.807) is 13.0 Å². The molecule has 0 aromatic heterocycles. The lowest BCUT2D eigenvalue weighted by atomic mass is 10.0. The molecule has 1 rings (SSSR count). The smallest absolute Gasteiger partial charge is 0.372 e. The van der Waals surface area contributed by atoms with Gasteiger partial charge >= 0.3 is 5.97 Å². The highest BCUT2D eigenvalue weighted by molar-refractivity contribution is 6.33. The Hall–Kier alpha value is -2.24. The van der Waals surface area contributed by atoms with E-state index in [1.807, 2.05) is 0 Å². The van der Waals surface area contributed by atoms with E-state index in [4.69, 9.17) is 5.11 Å². The van der Waals surface area contributed by atoms with Crippen LogP contribution < -0.4 is 0 Å². The van der Waals surface area contributed by atoms with Gasteiger partial charge in [-0.2, -0.15) is 0 Å². The van der Waals surface area contributed by atoms with Gasteiger partial charge in [-0.05, 0) is 12.5 Å². The summed E-state index contributed by atoms with van der Waals surface area (Å²) in [6.07, 6.45) is -0.460. The predicted molar refractivity (Wildman–Crippen MR) is 54.2 cm³/mol. The molecule has 0 aliphatic carbocycles. The molecule has 0 amide bonds. The number of aryl methyl sites for hydroxylation is 1. The van der Waals surface area contributed by atoms with Crippen molar-refractivity contribution < 1.29 is 19.6 Å². The van der Waals surface area contributed by atoms with Crippen LogP contribution in [0.25, 0.3) is 0 Å². The molecule has 0 heterocycles. The summed E-state index contributed by atoms with van der Waals surface area (Å²) >= 11 is 0. The summed E-state index contributed by atoms with van der Waals surface area (Å²) in [5.74, 6) is -2.64. The molecule has 84 valence electrons. The van der Waals surface area contributed by atoms with Crippen molar-refractivity contribution in [2.45, 2.75) is 13.3 Å². The number of nitro benzene ring substituents is 1. The minimum absolute atomic E-state index is 0.153. The van der Waals surface area contributed by atoms with E-state index in [0.29, 0.717) is 5.56 Å². The van der Waals surface area contributed by atoms with Gasteiger partial charge in [-0.15, -0.1) is 0 Å². The zero-order chi connectivity index (χ0) is 12.3. The number of nitro groups is 1. The van der Waals surface area contributed by atoms with Crippen molar-refractivity contribution in [2.75, 3.05) is 0 Å². The number of hydrogen-bond acceptors (Lipinski definition) is 4. The number of carbonyl (C=O) groups excluding carboxylic acids is 1. The van der Waals surface area contributed by atoms with Crippen molar-refractivity contribution >= 4 is 17.4 Å². The molecule has 0 atom stereocenters. The number of Topliss-reactive ketones (excluding diaryl/α,β-unsaturated/α-hetero) is 1. The van der Waals surface area contributed by atoms with Crippen molar-refractivity contribution in [2.24, 2.45) is 0 Å². The molecule has 0 fully saturated rings. The second-order valence-electron chi connectivity index (χ2n) is 3.23. The number of carbonyl (C=O) groups is 2. The zero-order valence-corrected chi connectivity index (χ0v) is 8.47. The molecule has 0 saturated heterocycles. The Morgan fingerprint density at radius 2 is 2.06 bits per heavy atom. The average molecular weight is 223 g/mol. The fourth-order valence-corrected chi connectivity index (χ4v) is 1.32. The molecule has 0 aliphatic rings. The minimum atomic E-state index is -1.59. The number of carboxylic acids is 1. The maximum absolute atomic E-state index is 11.0. The van der Waals surface area contributed by atoms with Crippen molar-refractivity contribution in [1.82, 2.24) is 0 Å². The van der Waals surface area contributed by atoms with E-state index in [2.05, 4.69) is 0 Å². The van der Waals surface area contributed by atoms with Crippen LogP contribution in [0, 0.1) is 17.0 Å². The van der Waals surface area contributed by atoms with E-state index < -0.39 is 23.1 Å². The molecule has 0 spiro atoms. The lowest BCUT2D eigenvalue weighted by Gasteiger charge is -2.03. The van der Waals surface area contributed by atoms with E-state index in [0.717, 1.165) is 0 Å². The molecule has 0 unspecified atom stereocenters. The molecule has 16 heavy (non-hydrogen) atoms. The van der Waals surface area contributed by atoms with Crippen molar-refractivity contribution in [3.05, 3.63) is 39.4 Å². The maximum atomic E-state index is 11.0. The van der Waals surface area contributed by atoms with Gasteiger partial charge in [0.25, 0.3) is 5.69 Å². The standard InChI is InChI=1S/C10H9NO5/c1-6-3-2-4-8(11(15)16)7(6)5-9(12)10(13)14/h2-4H,5H2,1H3,(H,13,14). The maximum Gasteiger partial charge on any atom is 0.372 e. The summed E-state index contributed by atoms with van der Waals surface area (Å²) in [7, 11) is 0. The van der Waals surface area contributed by atoms with Gasteiger partial charge in [-0.3, -0.25) is 14.9 Å². The van der Waals surface area contributed by atoms with Gasteiger partial charge in [0.15, 0.2) is 0 Å². The van der Waals surface area contributed by atoms with E-state index in [-0.39, 0.29) is 11.3 Å². The Morgan fingerprint density at radius 3 is 2.56 bits per heavy atom. The number of hydrogen-bond donors (Lipinski definition) is 1. The van der Waals surface area contributed by atoms with Crippen LogP contribution in [0.3, 0.4) is 0 Å². The van der Waals surface area contributed by atoms with Gasteiger partial charge in [0.2, 0.25) is 5.78 Å². The van der Waals surface area contributed by atoms with E-state index in [9.17, 15) is 19.7 Å². The summed E-state index contributed by atoms with van der Waals surface area (Å²) in [6.45, 7) is 1.59. The first-order chi connectivity index (χ1) is 7.43. The second-order valence-corrected chi connectivity index (χ2v) is 3.23. The molecule has 0 radical (unpaired) electrons. The molecule has 0 saturated carbocycles. The first kappa shape index (κ1) is 11.8. The van der Waals surface area contributed by atoms with Crippen molar-refractivity contribution in [3.8, 4) is 0 Å². The van der Waals surface area contributed by atoms with Crippen LogP contribution >= 0.6 is 0 Å².